The van der Waals surface area contributed by atoms with E-state index in [4.69, 9.17) is 15.3 Å². The fourth-order valence-corrected chi connectivity index (χ4v) is 1.14. The number of aliphatic carboxylic acids is 3. The molecule has 0 amide bonds. The summed E-state index contributed by atoms with van der Waals surface area (Å²) in [5.74, 6) is -2.51. The van der Waals surface area contributed by atoms with Crippen LogP contribution in [0.3, 0.4) is 0 Å². The molecule has 0 fully saturated rings. The Morgan fingerprint density at radius 1 is 0.870 bits per heavy atom. The zero-order valence-electron chi connectivity index (χ0n) is 15.0. The molecule has 0 saturated carbocycles. The van der Waals surface area contributed by atoms with Gasteiger partial charge in [-0.3, -0.25) is 14.4 Å². The third kappa shape index (κ3) is 20.4. The SMILES string of the molecule is CCC(C)C(=O)O.CCC(CC)C(=O)O.COC(C)CC(=O)O. The molecule has 0 heterocycles. The van der Waals surface area contributed by atoms with E-state index in [0.29, 0.717) is 0 Å². The van der Waals surface area contributed by atoms with Crippen LogP contribution < -0.4 is 0 Å². The second-order valence-corrected chi connectivity index (χ2v) is 5.14. The number of ether oxygens (including phenoxy) is 1. The van der Waals surface area contributed by atoms with E-state index in [1.54, 1.807) is 13.8 Å². The Labute approximate surface area is 138 Å². The minimum atomic E-state index is -0.820. The molecule has 0 aromatic carbocycles. The van der Waals surface area contributed by atoms with Crippen molar-refractivity contribution < 1.29 is 34.4 Å². The molecule has 0 aliphatic carbocycles. The number of hydrogen-bond donors (Lipinski definition) is 3. The Morgan fingerprint density at radius 2 is 1.30 bits per heavy atom. The van der Waals surface area contributed by atoms with E-state index in [-0.39, 0.29) is 24.4 Å². The van der Waals surface area contributed by atoms with E-state index >= 15 is 0 Å². The summed E-state index contributed by atoms with van der Waals surface area (Å²) in [5, 5.41) is 24.7. The van der Waals surface area contributed by atoms with E-state index < -0.39 is 17.9 Å². The van der Waals surface area contributed by atoms with Crippen LogP contribution in [0.2, 0.25) is 0 Å². The second kappa shape index (κ2) is 16.7. The fraction of sp³-hybridized carbons (Fsp3) is 0.812. The Kier molecular flexibility index (Phi) is 19.1. The molecule has 0 saturated heterocycles. The van der Waals surface area contributed by atoms with Crippen molar-refractivity contribution in [2.75, 3.05) is 7.11 Å². The molecule has 3 N–H and O–H groups in total. The number of carboxylic acids is 3. The molecule has 0 spiro atoms. The zero-order valence-corrected chi connectivity index (χ0v) is 15.0. The molecule has 0 rings (SSSR count). The summed E-state index contributed by atoms with van der Waals surface area (Å²) in [6.07, 6.45) is 2.11. The Hall–Kier alpha value is -1.63. The molecule has 138 valence electrons. The Morgan fingerprint density at radius 3 is 1.35 bits per heavy atom. The Bertz CT molecular complexity index is 324. The fourth-order valence-electron chi connectivity index (χ4n) is 1.14. The number of methoxy groups -OCH3 is 1. The number of rotatable bonds is 8. The molecular formula is C16H32O7. The smallest absolute Gasteiger partial charge is 0.306 e. The normalized spacial score (nSPS) is 12.1. The first-order chi connectivity index (χ1) is 10.6. The quantitative estimate of drug-likeness (QED) is 0.622. The van der Waals surface area contributed by atoms with Crippen molar-refractivity contribution >= 4 is 17.9 Å². The van der Waals surface area contributed by atoms with Crippen LogP contribution in [-0.2, 0) is 19.1 Å². The first-order valence-corrected chi connectivity index (χ1v) is 7.77. The zero-order chi connectivity index (χ0) is 19.0. The van der Waals surface area contributed by atoms with Crippen LogP contribution in [-0.4, -0.2) is 46.4 Å². The van der Waals surface area contributed by atoms with Crippen LogP contribution in [0.1, 0.15) is 60.3 Å². The predicted molar refractivity (Wildman–Crippen MR) is 87.5 cm³/mol. The maximum atomic E-state index is 10.2. The van der Waals surface area contributed by atoms with Gasteiger partial charge in [0.15, 0.2) is 0 Å². The van der Waals surface area contributed by atoms with E-state index in [2.05, 4.69) is 4.74 Å². The van der Waals surface area contributed by atoms with E-state index in [0.717, 1.165) is 19.3 Å². The highest BCUT2D eigenvalue weighted by molar-refractivity contribution is 5.69. The number of hydrogen-bond acceptors (Lipinski definition) is 4. The maximum Gasteiger partial charge on any atom is 0.306 e. The lowest BCUT2D eigenvalue weighted by Crippen LogP contribution is -2.10. The molecule has 2 atom stereocenters. The van der Waals surface area contributed by atoms with Gasteiger partial charge in [0.2, 0.25) is 0 Å². The molecule has 0 aromatic rings. The van der Waals surface area contributed by atoms with Crippen LogP contribution in [0.15, 0.2) is 0 Å². The lowest BCUT2D eigenvalue weighted by molar-refractivity contribution is -0.142. The standard InChI is InChI=1S/C6H12O2.C5H10O3.C5H10O2/c1-3-5(4-2)6(7)8;1-4(8-2)3-5(6)7;1-3-4(2)5(6)7/h5H,3-4H2,1-2H3,(H,7,8);4H,3H2,1-2H3,(H,6,7);4H,3H2,1-2H3,(H,6,7). The van der Waals surface area contributed by atoms with Crippen molar-refractivity contribution in [3.63, 3.8) is 0 Å². The van der Waals surface area contributed by atoms with Crippen molar-refractivity contribution in [3.8, 4) is 0 Å². The lowest BCUT2D eigenvalue weighted by atomic mass is 10.1. The Balaban J connectivity index is -0.000000262. The number of carboxylic acid groups (broad SMARTS) is 3. The summed E-state index contributed by atoms with van der Waals surface area (Å²) in [5.41, 5.74) is 0. The molecule has 0 bridgehead atoms. The maximum absolute atomic E-state index is 10.2. The molecule has 0 aliphatic rings. The third-order valence-corrected chi connectivity index (χ3v) is 3.23. The summed E-state index contributed by atoms with van der Waals surface area (Å²) in [6, 6.07) is 0. The van der Waals surface area contributed by atoms with Crippen molar-refractivity contribution in [1.82, 2.24) is 0 Å². The average molecular weight is 336 g/mol. The largest absolute Gasteiger partial charge is 0.481 e. The van der Waals surface area contributed by atoms with Crippen molar-refractivity contribution in [3.05, 3.63) is 0 Å². The first-order valence-electron chi connectivity index (χ1n) is 7.77. The molecule has 2 unspecified atom stereocenters. The van der Waals surface area contributed by atoms with Gasteiger partial charge in [-0.2, -0.15) is 0 Å². The minimum absolute atomic E-state index is 0.0799. The van der Waals surface area contributed by atoms with Gasteiger partial charge in [0.1, 0.15) is 0 Å². The van der Waals surface area contributed by atoms with Crippen molar-refractivity contribution in [2.45, 2.75) is 66.4 Å². The third-order valence-electron chi connectivity index (χ3n) is 3.23. The highest BCUT2D eigenvalue weighted by Crippen LogP contribution is 2.05. The summed E-state index contributed by atoms with van der Waals surface area (Å²) in [6.45, 7) is 9.06. The van der Waals surface area contributed by atoms with E-state index in [1.165, 1.54) is 7.11 Å². The van der Waals surface area contributed by atoms with Crippen LogP contribution in [0, 0.1) is 11.8 Å². The van der Waals surface area contributed by atoms with E-state index in [9.17, 15) is 14.4 Å². The second-order valence-electron chi connectivity index (χ2n) is 5.14. The number of carbonyl (C=O) groups is 3. The van der Waals surface area contributed by atoms with E-state index in [1.807, 2.05) is 20.8 Å². The van der Waals surface area contributed by atoms with Crippen molar-refractivity contribution in [1.29, 1.82) is 0 Å². The molecule has 0 aromatic heterocycles. The highest BCUT2D eigenvalue weighted by atomic mass is 16.5. The van der Waals surface area contributed by atoms with Gasteiger partial charge in [0.25, 0.3) is 0 Å². The molecule has 23 heavy (non-hydrogen) atoms. The first kappa shape index (κ1) is 26.3. The molecular weight excluding hydrogens is 304 g/mol. The minimum Gasteiger partial charge on any atom is -0.481 e. The van der Waals surface area contributed by atoms with Crippen LogP contribution in [0.4, 0.5) is 0 Å². The van der Waals surface area contributed by atoms with Crippen molar-refractivity contribution in [2.24, 2.45) is 11.8 Å². The average Bonchev–Trinajstić information content (AvgIpc) is 2.47. The van der Waals surface area contributed by atoms with Gasteiger partial charge in [-0.25, -0.2) is 0 Å². The summed E-state index contributed by atoms with van der Waals surface area (Å²) >= 11 is 0. The van der Waals surface area contributed by atoms with Gasteiger partial charge in [0.05, 0.1) is 24.4 Å². The van der Waals surface area contributed by atoms with Crippen LogP contribution >= 0.6 is 0 Å². The van der Waals surface area contributed by atoms with Gasteiger partial charge in [-0.05, 0) is 26.2 Å². The molecule has 7 heteroatoms. The highest BCUT2D eigenvalue weighted by Gasteiger charge is 2.10. The van der Waals surface area contributed by atoms with Gasteiger partial charge >= 0.3 is 17.9 Å². The van der Waals surface area contributed by atoms with Crippen LogP contribution in [0.25, 0.3) is 0 Å². The van der Waals surface area contributed by atoms with Gasteiger partial charge in [-0.1, -0.05) is 27.7 Å². The topological polar surface area (TPSA) is 121 Å². The molecule has 7 nitrogen and oxygen atoms in total. The van der Waals surface area contributed by atoms with Gasteiger partial charge < -0.3 is 20.1 Å². The lowest BCUT2D eigenvalue weighted by Gasteiger charge is -2.02. The van der Waals surface area contributed by atoms with Crippen LogP contribution in [0.5, 0.6) is 0 Å². The summed E-state index contributed by atoms with van der Waals surface area (Å²) in [7, 11) is 1.49. The summed E-state index contributed by atoms with van der Waals surface area (Å²) < 4.78 is 4.68. The predicted octanol–water partition coefficient (Wildman–Crippen LogP) is 3.12. The van der Waals surface area contributed by atoms with Gasteiger partial charge in [0, 0.05) is 7.11 Å². The van der Waals surface area contributed by atoms with Gasteiger partial charge in [-0.15, -0.1) is 0 Å². The molecule has 0 aliphatic heterocycles. The summed E-state index contributed by atoms with van der Waals surface area (Å²) in [4.78, 5) is 30.0. The monoisotopic (exact) mass is 336 g/mol. The molecule has 0 radical (unpaired) electrons.